The molecule has 134 valence electrons. The fourth-order valence-corrected chi connectivity index (χ4v) is 3.19. The van der Waals surface area contributed by atoms with E-state index in [9.17, 15) is 19.7 Å². The Labute approximate surface area is 144 Å². The minimum atomic E-state index is -0.488. The third-order valence-electron chi connectivity index (χ3n) is 4.55. The second-order valence-corrected chi connectivity index (χ2v) is 6.18. The highest BCUT2D eigenvalue weighted by Crippen LogP contribution is 2.20. The smallest absolute Gasteiger partial charge is 0.323 e. The van der Waals surface area contributed by atoms with Crippen LogP contribution in [0.2, 0.25) is 0 Å². The van der Waals surface area contributed by atoms with Crippen LogP contribution in [-0.4, -0.2) is 53.6 Å². The Hall–Kier alpha value is -2.68. The fourth-order valence-electron chi connectivity index (χ4n) is 3.19. The minimum Gasteiger partial charge on any atom is -0.464 e. The molecular weight excluding hydrogens is 328 g/mol. The molecule has 2 N–H and O–H groups in total. The van der Waals surface area contributed by atoms with Crippen LogP contribution in [0, 0.1) is 10.1 Å². The number of piperidine rings is 1. The van der Waals surface area contributed by atoms with E-state index in [1.807, 2.05) is 0 Å². The summed E-state index contributed by atoms with van der Waals surface area (Å²) in [7, 11) is 0. The van der Waals surface area contributed by atoms with Crippen molar-refractivity contribution in [2.24, 2.45) is 0 Å². The number of cyclic esters (lactones) is 1. The van der Waals surface area contributed by atoms with Gasteiger partial charge in [-0.2, -0.15) is 0 Å². The van der Waals surface area contributed by atoms with Crippen molar-refractivity contribution in [2.75, 3.05) is 25.0 Å². The molecule has 2 aliphatic heterocycles. The Bertz CT molecular complexity index is 655. The van der Waals surface area contributed by atoms with Crippen LogP contribution in [0.4, 0.5) is 16.2 Å². The largest absolute Gasteiger partial charge is 0.464 e. The van der Waals surface area contributed by atoms with E-state index < -0.39 is 4.92 Å². The second-order valence-electron chi connectivity index (χ2n) is 6.18. The van der Waals surface area contributed by atoms with Gasteiger partial charge in [0.05, 0.1) is 11.5 Å². The van der Waals surface area contributed by atoms with Gasteiger partial charge in [0.2, 0.25) is 0 Å². The molecule has 1 aromatic rings. The van der Waals surface area contributed by atoms with Crippen molar-refractivity contribution < 1.29 is 19.2 Å². The zero-order valence-electron chi connectivity index (χ0n) is 13.6. The van der Waals surface area contributed by atoms with Crippen LogP contribution in [0.1, 0.15) is 19.3 Å². The molecule has 0 spiro atoms. The number of amides is 2. The van der Waals surface area contributed by atoms with Gasteiger partial charge in [-0.1, -0.05) is 0 Å². The number of benzene rings is 1. The molecule has 2 fully saturated rings. The first-order valence-corrected chi connectivity index (χ1v) is 8.25. The number of nitro groups is 1. The highest BCUT2D eigenvalue weighted by Gasteiger charge is 2.34. The van der Waals surface area contributed by atoms with E-state index in [1.165, 1.54) is 24.3 Å². The number of carbonyl (C=O) groups excluding carboxylic acids is 2. The van der Waals surface area contributed by atoms with Crippen LogP contribution in [0.3, 0.4) is 0 Å². The van der Waals surface area contributed by atoms with Crippen molar-refractivity contribution in [1.29, 1.82) is 0 Å². The molecule has 0 unspecified atom stereocenters. The van der Waals surface area contributed by atoms with Gasteiger partial charge in [0.25, 0.3) is 5.69 Å². The van der Waals surface area contributed by atoms with Crippen LogP contribution in [0.25, 0.3) is 0 Å². The Morgan fingerprint density at radius 2 is 1.88 bits per heavy atom. The highest BCUT2D eigenvalue weighted by atomic mass is 16.6. The predicted octanol–water partition coefficient (Wildman–Crippen LogP) is 1.50. The molecule has 1 atom stereocenters. The lowest BCUT2D eigenvalue weighted by Crippen LogP contribution is -2.49. The zero-order valence-corrected chi connectivity index (χ0v) is 13.6. The molecule has 2 heterocycles. The zero-order chi connectivity index (χ0) is 17.8. The maximum Gasteiger partial charge on any atom is 0.323 e. The summed E-state index contributed by atoms with van der Waals surface area (Å²) >= 11 is 0. The Morgan fingerprint density at radius 1 is 1.20 bits per heavy atom. The molecule has 0 radical (unpaired) electrons. The average Bonchev–Trinajstić information content (AvgIpc) is 3.02. The van der Waals surface area contributed by atoms with E-state index in [-0.39, 0.29) is 29.8 Å². The van der Waals surface area contributed by atoms with Crippen molar-refractivity contribution in [3.05, 3.63) is 34.4 Å². The lowest BCUT2D eigenvalue weighted by Gasteiger charge is -2.34. The fraction of sp³-hybridized carbons (Fsp3) is 0.500. The number of hydrogen-bond donors (Lipinski definition) is 2. The van der Waals surface area contributed by atoms with Crippen LogP contribution in [0.15, 0.2) is 24.3 Å². The van der Waals surface area contributed by atoms with E-state index in [1.54, 1.807) is 0 Å². The lowest BCUT2D eigenvalue weighted by molar-refractivity contribution is -0.384. The third kappa shape index (κ3) is 4.24. The van der Waals surface area contributed by atoms with Crippen LogP contribution in [0.5, 0.6) is 0 Å². The summed E-state index contributed by atoms with van der Waals surface area (Å²) < 4.78 is 5.00. The predicted molar refractivity (Wildman–Crippen MR) is 89.2 cm³/mol. The van der Waals surface area contributed by atoms with E-state index >= 15 is 0 Å². The van der Waals surface area contributed by atoms with Gasteiger partial charge < -0.3 is 15.4 Å². The summed E-state index contributed by atoms with van der Waals surface area (Å²) in [5.41, 5.74) is 0.470. The number of urea groups is 1. The maximum absolute atomic E-state index is 12.0. The molecule has 9 nitrogen and oxygen atoms in total. The van der Waals surface area contributed by atoms with Crippen molar-refractivity contribution in [2.45, 2.75) is 31.3 Å². The monoisotopic (exact) mass is 348 g/mol. The lowest BCUT2D eigenvalue weighted by atomic mass is 10.0. The van der Waals surface area contributed by atoms with Gasteiger partial charge in [0.1, 0.15) is 6.04 Å². The van der Waals surface area contributed by atoms with Crippen molar-refractivity contribution in [1.82, 2.24) is 10.2 Å². The van der Waals surface area contributed by atoms with Crippen molar-refractivity contribution in [3.63, 3.8) is 0 Å². The molecule has 0 bridgehead atoms. The molecule has 0 aliphatic carbocycles. The normalized spacial score (nSPS) is 21.6. The van der Waals surface area contributed by atoms with E-state index in [2.05, 4.69) is 15.5 Å². The van der Waals surface area contributed by atoms with Gasteiger partial charge in [-0.25, -0.2) is 4.79 Å². The average molecular weight is 348 g/mol. The highest BCUT2D eigenvalue weighted by molar-refractivity contribution is 5.89. The van der Waals surface area contributed by atoms with Crippen LogP contribution >= 0.6 is 0 Å². The number of hydrogen-bond acceptors (Lipinski definition) is 6. The molecule has 2 amide bonds. The molecule has 0 saturated carbocycles. The third-order valence-corrected chi connectivity index (χ3v) is 4.55. The number of esters is 1. The second kappa shape index (κ2) is 7.47. The Balaban J connectivity index is 1.44. The number of ether oxygens (including phenoxy) is 1. The number of nitrogens with one attached hydrogen (secondary N) is 2. The van der Waals surface area contributed by atoms with Crippen LogP contribution < -0.4 is 10.6 Å². The van der Waals surface area contributed by atoms with E-state index in [0.717, 1.165) is 32.4 Å². The number of rotatable bonds is 4. The quantitative estimate of drug-likeness (QED) is 0.484. The van der Waals surface area contributed by atoms with Gasteiger partial charge in [-0.05, 0) is 25.0 Å². The number of anilines is 1. The molecule has 3 rings (SSSR count). The first kappa shape index (κ1) is 17.2. The number of nitro benzene ring substituents is 1. The molecule has 2 aliphatic rings. The summed E-state index contributed by atoms with van der Waals surface area (Å²) in [6.45, 7) is 1.96. The summed E-state index contributed by atoms with van der Waals surface area (Å²) in [5, 5.41) is 16.2. The summed E-state index contributed by atoms with van der Waals surface area (Å²) in [4.78, 5) is 35.9. The Kier molecular flexibility index (Phi) is 5.13. The SMILES string of the molecule is O=C(Nc1ccc([N+](=O)[O-])cc1)NC1CCN([C@H]2CCOC2=O)CC1. The number of likely N-dealkylation sites (tertiary alicyclic amines) is 1. The maximum atomic E-state index is 12.0. The molecule has 25 heavy (non-hydrogen) atoms. The van der Waals surface area contributed by atoms with Crippen molar-refractivity contribution >= 4 is 23.4 Å². The summed E-state index contributed by atoms with van der Waals surface area (Å²) in [5.74, 6) is -0.151. The standard InChI is InChI=1S/C16H20N4O5/c21-15-14(7-10-25-15)19-8-5-12(6-9-19)18-16(22)17-11-1-3-13(4-2-11)20(23)24/h1-4,12,14H,5-10H2,(H2,17,18,22)/t14-/m0/s1. The summed E-state index contributed by atoms with van der Waals surface area (Å²) in [6, 6.07) is 5.22. The van der Waals surface area contributed by atoms with Gasteiger partial charge in [-0.3, -0.25) is 19.8 Å². The minimum absolute atomic E-state index is 0.0243. The first-order chi connectivity index (χ1) is 12.0. The van der Waals surface area contributed by atoms with Gasteiger partial charge >= 0.3 is 12.0 Å². The molecule has 2 saturated heterocycles. The van der Waals surface area contributed by atoms with Gasteiger partial charge in [-0.15, -0.1) is 0 Å². The van der Waals surface area contributed by atoms with Gasteiger partial charge in [0.15, 0.2) is 0 Å². The van der Waals surface area contributed by atoms with Gasteiger partial charge in [0, 0.05) is 43.4 Å². The Morgan fingerprint density at radius 3 is 2.44 bits per heavy atom. The molecule has 9 heteroatoms. The number of carbonyl (C=O) groups is 2. The number of non-ortho nitro benzene ring substituents is 1. The van der Waals surface area contributed by atoms with E-state index in [4.69, 9.17) is 4.74 Å². The number of nitrogens with zero attached hydrogens (tertiary/aromatic N) is 2. The van der Waals surface area contributed by atoms with Crippen molar-refractivity contribution in [3.8, 4) is 0 Å². The first-order valence-electron chi connectivity index (χ1n) is 8.25. The molecular formula is C16H20N4O5. The molecule has 0 aromatic heterocycles. The molecule has 1 aromatic carbocycles. The van der Waals surface area contributed by atoms with E-state index in [0.29, 0.717) is 12.3 Å². The topological polar surface area (TPSA) is 114 Å². The summed E-state index contributed by atoms with van der Waals surface area (Å²) in [6.07, 6.45) is 2.26. The van der Waals surface area contributed by atoms with Crippen LogP contribution in [-0.2, 0) is 9.53 Å².